The smallest absolute Gasteiger partial charge is 0.255 e. The second-order valence-electron chi connectivity index (χ2n) is 6.54. The maximum atomic E-state index is 12.6. The molecule has 1 amide bonds. The molecule has 1 fully saturated rings. The Morgan fingerprint density at radius 3 is 2.54 bits per heavy atom. The molecule has 0 heterocycles. The maximum Gasteiger partial charge on any atom is 0.255 e. The molecule has 0 aromatic heterocycles. The average Bonchev–Trinajstić information content (AvgIpc) is 3.09. The van der Waals surface area contributed by atoms with Crippen molar-refractivity contribution in [1.82, 2.24) is 4.72 Å². The molecule has 2 N–H and O–H groups in total. The van der Waals surface area contributed by atoms with Crippen molar-refractivity contribution >= 4 is 33.2 Å². The van der Waals surface area contributed by atoms with Crippen LogP contribution >= 0.6 is 11.6 Å². The van der Waals surface area contributed by atoms with Crippen LogP contribution in [-0.4, -0.2) is 20.4 Å². The molecule has 138 valence electrons. The van der Waals surface area contributed by atoms with E-state index in [4.69, 9.17) is 11.6 Å². The Balaban J connectivity index is 1.78. The largest absolute Gasteiger partial charge is 0.322 e. The van der Waals surface area contributed by atoms with Gasteiger partial charge in [0.2, 0.25) is 10.0 Å². The van der Waals surface area contributed by atoms with Crippen LogP contribution in [0.15, 0.2) is 47.4 Å². The zero-order valence-electron chi connectivity index (χ0n) is 14.5. The van der Waals surface area contributed by atoms with Crippen LogP contribution in [0.3, 0.4) is 0 Å². The number of sulfonamides is 1. The number of nitrogens with one attached hydrogen (secondary N) is 2. The van der Waals surface area contributed by atoms with Crippen molar-refractivity contribution < 1.29 is 13.2 Å². The summed E-state index contributed by atoms with van der Waals surface area (Å²) in [6, 6.07) is 11.2. The van der Waals surface area contributed by atoms with Gasteiger partial charge in [-0.2, -0.15) is 0 Å². The molecule has 0 radical (unpaired) electrons. The summed E-state index contributed by atoms with van der Waals surface area (Å²) in [6.07, 6.45) is 3.79. The molecule has 7 heteroatoms. The van der Waals surface area contributed by atoms with E-state index in [1.54, 1.807) is 30.3 Å². The maximum absolute atomic E-state index is 12.6. The number of hydrogen-bond donors (Lipinski definition) is 2. The lowest BCUT2D eigenvalue weighted by atomic mass is 10.1. The third kappa shape index (κ3) is 4.44. The molecule has 0 atom stereocenters. The number of aryl methyl sites for hydroxylation is 1. The van der Waals surface area contributed by atoms with Gasteiger partial charge in [0, 0.05) is 22.3 Å². The lowest BCUT2D eigenvalue weighted by molar-refractivity contribution is 0.102. The lowest BCUT2D eigenvalue weighted by Crippen LogP contribution is -2.32. The van der Waals surface area contributed by atoms with Crippen LogP contribution in [0.25, 0.3) is 0 Å². The zero-order chi connectivity index (χ0) is 18.7. The summed E-state index contributed by atoms with van der Waals surface area (Å²) < 4.78 is 27.8. The molecule has 1 aliphatic carbocycles. The highest BCUT2D eigenvalue weighted by Crippen LogP contribution is 2.22. The fourth-order valence-corrected chi connectivity index (χ4v) is 4.67. The summed E-state index contributed by atoms with van der Waals surface area (Å²) in [7, 11) is -3.63. The van der Waals surface area contributed by atoms with Gasteiger partial charge in [-0.1, -0.05) is 30.5 Å². The van der Waals surface area contributed by atoms with Crippen LogP contribution in [0.4, 0.5) is 5.69 Å². The zero-order valence-corrected chi connectivity index (χ0v) is 16.0. The lowest BCUT2D eigenvalue weighted by Gasteiger charge is -2.13. The molecule has 5 nitrogen and oxygen atoms in total. The number of hydrogen-bond acceptors (Lipinski definition) is 3. The Kier molecular flexibility index (Phi) is 5.65. The molecule has 3 rings (SSSR count). The molecule has 0 unspecified atom stereocenters. The Morgan fingerprint density at radius 2 is 1.85 bits per heavy atom. The third-order valence-electron chi connectivity index (χ3n) is 4.52. The van der Waals surface area contributed by atoms with Crippen molar-refractivity contribution in [3.8, 4) is 0 Å². The summed E-state index contributed by atoms with van der Waals surface area (Å²) in [4.78, 5) is 12.6. The normalized spacial score (nSPS) is 15.2. The Labute approximate surface area is 158 Å². The number of rotatable bonds is 5. The first-order chi connectivity index (χ1) is 12.3. The fourth-order valence-electron chi connectivity index (χ4n) is 3.10. The van der Waals surface area contributed by atoms with Crippen LogP contribution in [0.1, 0.15) is 41.6 Å². The minimum absolute atomic E-state index is 0.0193. The first kappa shape index (κ1) is 18.9. The van der Waals surface area contributed by atoms with Crippen molar-refractivity contribution in [1.29, 1.82) is 0 Å². The van der Waals surface area contributed by atoms with Gasteiger partial charge in [0.15, 0.2) is 0 Å². The highest BCUT2D eigenvalue weighted by molar-refractivity contribution is 7.89. The standard InChI is InChI=1S/C19H21ClN2O3S/c1-13-11-15(20)9-10-18(13)21-19(23)14-5-4-8-17(12-14)26(24,25)22-16-6-2-3-7-16/h4-5,8-12,16,22H,2-3,6-7H2,1H3,(H,21,23). The van der Waals surface area contributed by atoms with Gasteiger partial charge in [-0.3, -0.25) is 4.79 Å². The Bertz CT molecular complexity index is 922. The number of benzene rings is 2. The molecule has 26 heavy (non-hydrogen) atoms. The van der Waals surface area contributed by atoms with E-state index in [-0.39, 0.29) is 22.4 Å². The van der Waals surface area contributed by atoms with Crippen LogP contribution < -0.4 is 10.0 Å². The fraction of sp³-hybridized carbons (Fsp3) is 0.316. The molecule has 0 aliphatic heterocycles. The van der Waals surface area contributed by atoms with E-state index in [1.165, 1.54) is 12.1 Å². The molecule has 1 aliphatic rings. The number of amides is 1. The SMILES string of the molecule is Cc1cc(Cl)ccc1NC(=O)c1cccc(S(=O)(=O)NC2CCCC2)c1. The molecular formula is C19H21ClN2O3S. The Hall–Kier alpha value is -1.89. The number of halogens is 1. The Morgan fingerprint density at radius 1 is 1.12 bits per heavy atom. The van der Waals surface area contributed by atoms with E-state index in [2.05, 4.69) is 10.0 Å². The third-order valence-corrected chi connectivity index (χ3v) is 6.27. The molecule has 2 aromatic carbocycles. The van der Waals surface area contributed by atoms with Gasteiger partial charge >= 0.3 is 0 Å². The second kappa shape index (κ2) is 7.78. The van der Waals surface area contributed by atoms with E-state index in [1.807, 2.05) is 6.92 Å². The molecule has 0 saturated heterocycles. The quantitative estimate of drug-likeness (QED) is 0.803. The van der Waals surface area contributed by atoms with Gasteiger partial charge in [-0.05, 0) is 61.7 Å². The first-order valence-electron chi connectivity index (χ1n) is 8.55. The summed E-state index contributed by atoms with van der Waals surface area (Å²) in [5.74, 6) is -0.367. The van der Waals surface area contributed by atoms with Gasteiger partial charge in [0.25, 0.3) is 5.91 Å². The van der Waals surface area contributed by atoms with Crippen molar-refractivity contribution in [2.75, 3.05) is 5.32 Å². The van der Waals surface area contributed by atoms with Crippen molar-refractivity contribution in [3.63, 3.8) is 0 Å². The molecular weight excluding hydrogens is 372 g/mol. The predicted octanol–water partition coefficient (Wildman–Crippen LogP) is 4.12. The molecule has 0 spiro atoms. The number of carbonyl (C=O) groups is 1. The van der Waals surface area contributed by atoms with Crippen LogP contribution in [0.2, 0.25) is 5.02 Å². The van der Waals surface area contributed by atoms with Crippen molar-refractivity contribution in [2.45, 2.75) is 43.5 Å². The van der Waals surface area contributed by atoms with Crippen molar-refractivity contribution in [2.24, 2.45) is 0 Å². The van der Waals surface area contributed by atoms with E-state index < -0.39 is 10.0 Å². The predicted molar refractivity (Wildman–Crippen MR) is 103 cm³/mol. The second-order valence-corrected chi connectivity index (χ2v) is 8.69. The van der Waals surface area contributed by atoms with Crippen LogP contribution in [0, 0.1) is 6.92 Å². The van der Waals surface area contributed by atoms with Gasteiger partial charge in [0.1, 0.15) is 0 Å². The van der Waals surface area contributed by atoms with E-state index in [9.17, 15) is 13.2 Å². The summed E-state index contributed by atoms with van der Waals surface area (Å²) in [5, 5.41) is 3.38. The van der Waals surface area contributed by atoms with Crippen LogP contribution in [0.5, 0.6) is 0 Å². The van der Waals surface area contributed by atoms with Crippen LogP contribution in [-0.2, 0) is 10.0 Å². The summed E-state index contributed by atoms with van der Waals surface area (Å²) >= 11 is 5.92. The summed E-state index contributed by atoms with van der Waals surface area (Å²) in [6.45, 7) is 1.84. The monoisotopic (exact) mass is 392 g/mol. The highest BCUT2D eigenvalue weighted by Gasteiger charge is 2.23. The minimum atomic E-state index is -3.63. The summed E-state index contributed by atoms with van der Waals surface area (Å²) in [5.41, 5.74) is 1.75. The van der Waals surface area contributed by atoms with Crippen molar-refractivity contribution in [3.05, 3.63) is 58.6 Å². The first-order valence-corrected chi connectivity index (χ1v) is 10.4. The number of anilines is 1. The molecule has 1 saturated carbocycles. The minimum Gasteiger partial charge on any atom is -0.322 e. The average molecular weight is 393 g/mol. The molecule has 2 aromatic rings. The van der Waals surface area contributed by atoms with E-state index in [0.717, 1.165) is 31.2 Å². The topological polar surface area (TPSA) is 75.3 Å². The van der Waals surface area contributed by atoms with Gasteiger partial charge in [-0.25, -0.2) is 13.1 Å². The van der Waals surface area contributed by atoms with E-state index in [0.29, 0.717) is 10.7 Å². The highest BCUT2D eigenvalue weighted by atomic mass is 35.5. The van der Waals surface area contributed by atoms with Gasteiger partial charge < -0.3 is 5.32 Å². The van der Waals surface area contributed by atoms with E-state index >= 15 is 0 Å². The molecule has 0 bridgehead atoms. The number of carbonyl (C=O) groups excluding carboxylic acids is 1. The van der Waals surface area contributed by atoms with Gasteiger partial charge in [-0.15, -0.1) is 0 Å². The van der Waals surface area contributed by atoms with Gasteiger partial charge in [0.05, 0.1) is 4.90 Å².